The first kappa shape index (κ1) is 13.3. The second-order valence-corrected chi connectivity index (χ2v) is 6.10. The highest BCUT2D eigenvalue weighted by Gasteiger charge is 2.27. The van der Waals surface area contributed by atoms with Crippen LogP contribution in [0.3, 0.4) is 0 Å². The molecule has 3 nitrogen and oxygen atoms in total. The van der Waals surface area contributed by atoms with E-state index < -0.39 is 0 Å². The zero-order chi connectivity index (χ0) is 12.3. The van der Waals surface area contributed by atoms with E-state index in [0.29, 0.717) is 6.04 Å². The van der Waals surface area contributed by atoms with Crippen molar-refractivity contribution in [2.45, 2.75) is 45.2 Å². The molecule has 0 aliphatic carbocycles. The SMILES string of the molecule is CCC1CNC(C)CN1CC1CCCN(C)C1. The highest BCUT2D eigenvalue weighted by molar-refractivity contribution is 4.85. The van der Waals surface area contributed by atoms with Crippen LogP contribution in [-0.2, 0) is 0 Å². The van der Waals surface area contributed by atoms with Crippen molar-refractivity contribution in [2.24, 2.45) is 5.92 Å². The van der Waals surface area contributed by atoms with Gasteiger partial charge in [0.05, 0.1) is 0 Å². The van der Waals surface area contributed by atoms with Crippen LogP contribution in [0.5, 0.6) is 0 Å². The second kappa shape index (κ2) is 6.17. The molecule has 3 unspecified atom stereocenters. The van der Waals surface area contributed by atoms with Gasteiger partial charge in [-0.2, -0.15) is 0 Å². The summed E-state index contributed by atoms with van der Waals surface area (Å²) in [4.78, 5) is 5.24. The van der Waals surface area contributed by atoms with Crippen LogP contribution in [-0.4, -0.2) is 61.7 Å². The fourth-order valence-electron chi connectivity index (χ4n) is 3.41. The van der Waals surface area contributed by atoms with Gasteiger partial charge < -0.3 is 10.2 Å². The fourth-order valence-corrected chi connectivity index (χ4v) is 3.41. The van der Waals surface area contributed by atoms with Crippen LogP contribution in [0.1, 0.15) is 33.1 Å². The van der Waals surface area contributed by atoms with Crippen molar-refractivity contribution in [3.8, 4) is 0 Å². The van der Waals surface area contributed by atoms with E-state index in [1.54, 1.807) is 0 Å². The molecule has 0 bridgehead atoms. The zero-order valence-electron chi connectivity index (χ0n) is 11.8. The van der Waals surface area contributed by atoms with Crippen molar-refractivity contribution in [3.63, 3.8) is 0 Å². The number of rotatable bonds is 3. The summed E-state index contributed by atoms with van der Waals surface area (Å²) < 4.78 is 0. The van der Waals surface area contributed by atoms with Gasteiger partial charge in [0.1, 0.15) is 0 Å². The Kier molecular flexibility index (Phi) is 4.83. The maximum absolute atomic E-state index is 3.61. The van der Waals surface area contributed by atoms with Crippen LogP contribution in [0.4, 0.5) is 0 Å². The van der Waals surface area contributed by atoms with Crippen molar-refractivity contribution >= 4 is 0 Å². The van der Waals surface area contributed by atoms with Crippen LogP contribution in [0.2, 0.25) is 0 Å². The highest BCUT2D eigenvalue weighted by Crippen LogP contribution is 2.19. The Balaban J connectivity index is 1.86. The van der Waals surface area contributed by atoms with Crippen molar-refractivity contribution < 1.29 is 0 Å². The molecule has 0 amide bonds. The highest BCUT2D eigenvalue weighted by atomic mass is 15.2. The summed E-state index contributed by atoms with van der Waals surface area (Å²) >= 11 is 0. The average molecular weight is 239 g/mol. The molecule has 3 atom stereocenters. The van der Waals surface area contributed by atoms with E-state index in [0.717, 1.165) is 12.0 Å². The Morgan fingerprint density at radius 2 is 2.12 bits per heavy atom. The summed E-state index contributed by atoms with van der Waals surface area (Å²) in [6.07, 6.45) is 4.10. The van der Waals surface area contributed by atoms with Crippen molar-refractivity contribution in [3.05, 3.63) is 0 Å². The Morgan fingerprint density at radius 1 is 1.29 bits per heavy atom. The number of likely N-dealkylation sites (tertiary alicyclic amines) is 1. The molecular weight excluding hydrogens is 210 g/mol. The molecule has 2 aliphatic rings. The molecule has 2 fully saturated rings. The van der Waals surface area contributed by atoms with Gasteiger partial charge in [-0.1, -0.05) is 6.92 Å². The Labute approximate surface area is 107 Å². The summed E-state index contributed by atoms with van der Waals surface area (Å²) in [7, 11) is 2.27. The van der Waals surface area contributed by atoms with Crippen molar-refractivity contribution in [2.75, 3.05) is 39.8 Å². The second-order valence-electron chi connectivity index (χ2n) is 6.10. The molecule has 2 rings (SSSR count). The number of piperazine rings is 1. The summed E-state index contributed by atoms with van der Waals surface area (Å²) in [6, 6.07) is 1.43. The fraction of sp³-hybridized carbons (Fsp3) is 1.00. The molecule has 100 valence electrons. The Morgan fingerprint density at radius 3 is 2.82 bits per heavy atom. The lowest BCUT2D eigenvalue weighted by molar-refractivity contribution is 0.0863. The van der Waals surface area contributed by atoms with Crippen LogP contribution < -0.4 is 5.32 Å². The van der Waals surface area contributed by atoms with Crippen molar-refractivity contribution in [1.29, 1.82) is 0 Å². The molecule has 0 aromatic rings. The van der Waals surface area contributed by atoms with Crippen LogP contribution in [0, 0.1) is 5.92 Å². The number of hydrogen-bond donors (Lipinski definition) is 1. The normalized spacial score (nSPS) is 37.2. The first-order valence-corrected chi connectivity index (χ1v) is 7.35. The quantitative estimate of drug-likeness (QED) is 0.803. The lowest BCUT2D eigenvalue weighted by Crippen LogP contribution is -2.57. The molecule has 0 aromatic heterocycles. The standard InChI is InChI=1S/C14H29N3/c1-4-14-8-15-12(2)9-17(14)11-13-6-5-7-16(3)10-13/h12-15H,4-11H2,1-3H3. The van der Waals surface area contributed by atoms with Gasteiger partial charge in [0.25, 0.3) is 0 Å². The molecule has 0 saturated carbocycles. The molecule has 2 aliphatic heterocycles. The van der Waals surface area contributed by atoms with Gasteiger partial charge in [-0.25, -0.2) is 0 Å². The number of nitrogens with zero attached hydrogens (tertiary/aromatic N) is 2. The maximum atomic E-state index is 3.61. The predicted octanol–water partition coefficient (Wildman–Crippen LogP) is 1.40. The van der Waals surface area contributed by atoms with E-state index in [4.69, 9.17) is 0 Å². The maximum Gasteiger partial charge on any atom is 0.0218 e. The molecule has 1 N–H and O–H groups in total. The van der Waals surface area contributed by atoms with Crippen LogP contribution >= 0.6 is 0 Å². The third-order valence-corrected chi connectivity index (χ3v) is 4.41. The molecule has 0 radical (unpaired) electrons. The van der Waals surface area contributed by atoms with E-state index in [1.165, 1.54) is 52.0 Å². The lowest BCUT2D eigenvalue weighted by atomic mass is 9.96. The van der Waals surface area contributed by atoms with Gasteiger partial charge in [0.2, 0.25) is 0 Å². The minimum absolute atomic E-state index is 0.666. The molecule has 2 saturated heterocycles. The first-order chi connectivity index (χ1) is 8.19. The average Bonchev–Trinajstić information content (AvgIpc) is 2.29. The van der Waals surface area contributed by atoms with E-state index in [1.807, 2.05) is 0 Å². The molecule has 0 aromatic carbocycles. The zero-order valence-corrected chi connectivity index (χ0v) is 11.8. The first-order valence-electron chi connectivity index (χ1n) is 7.35. The van der Waals surface area contributed by atoms with Gasteiger partial charge >= 0.3 is 0 Å². The number of piperidine rings is 1. The summed E-state index contributed by atoms with van der Waals surface area (Å²) in [5.74, 6) is 0.896. The van der Waals surface area contributed by atoms with E-state index in [9.17, 15) is 0 Å². The number of hydrogen-bond acceptors (Lipinski definition) is 3. The molecule has 17 heavy (non-hydrogen) atoms. The Bertz CT molecular complexity index is 232. The van der Waals surface area contributed by atoms with Crippen LogP contribution in [0.15, 0.2) is 0 Å². The summed E-state index contributed by atoms with van der Waals surface area (Å²) in [5.41, 5.74) is 0. The van der Waals surface area contributed by atoms with E-state index in [-0.39, 0.29) is 0 Å². The summed E-state index contributed by atoms with van der Waals surface area (Å²) in [6.45, 7) is 11.0. The largest absolute Gasteiger partial charge is 0.311 e. The van der Waals surface area contributed by atoms with Gasteiger partial charge in [-0.3, -0.25) is 4.90 Å². The minimum atomic E-state index is 0.666. The Hall–Kier alpha value is -0.120. The minimum Gasteiger partial charge on any atom is -0.311 e. The molecule has 3 heteroatoms. The van der Waals surface area contributed by atoms with Gasteiger partial charge in [-0.15, -0.1) is 0 Å². The summed E-state index contributed by atoms with van der Waals surface area (Å²) in [5, 5.41) is 3.61. The third-order valence-electron chi connectivity index (χ3n) is 4.41. The number of nitrogens with one attached hydrogen (secondary N) is 1. The molecular formula is C14H29N3. The predicted molar refractivity (Wildman–Crippen MR) is 73.3 cm³/mol. The van der Waals surface area contributed by atoms with Crippen molar-refractivity contribution in [1.82, 2.24) is 15.1 Å². The van der Waals surface area contributed by atoms with Gasteiger partial charge in [0.15, 0.2) is 0 Å². The third kappa shape index (κ3) is 3.67. The monoisotopic (exact) mass is 239 g/mol. The lowest BCUT2D eigenvalue weighted by Gasteiger charge is -2.42. The van der Waals surface area contributed by atoms with Gasteiger partial charge in [-0.05, 0) is 45.7 Å². The van der Waals surface area contributed by atoms with Gasteiger partial charge in [0, 0.05) is 38.3 Å². The van der Waals surface area contributed by atoms with E-state index >= 15 is 0 Å². The van der Waals surface area contributed by atoms with Crippen LogP contribution in [0.25, 0.3) is 0 Å². The smallest absolute Gasteiger partial charge is 0.0218 e. The van der Waals surface area contributed by atoms with E-state index in [2.05, 4.69) is 36.0 Å². The molecule has 0 spiro atoms. The molecule has 2 heterocycles. The topological polar surface area (TPSA) is 18.5 Å².